The second kappa shape index (κ2) is 6.43. The SMILES string of the molecule is OC1(c2ccnc(Cl)c2)[C@@H]2CCC[C@H]1CN(Cc1cccnc1)C2. The number of aromatic nitrogens is 2. The Hall–Kier alpha value is -1.49. The second-order valence-corrected chi connectivity index (χ2v) is 7.46. The number of likely N-dealkylation sites (tertiary alicyclic amines) is 1. The predicted molar refractivity (Wildman–Crippen MR) is 93.5 cm³/mol. The van der Waals surface area contributed by atoms with Gasteiger partial charge < -0.3 is 5.11 Å². The van der Waals surface area contributed by atoms with Gasteiger partial charge in [0.25, 0.3) is 0 Å². The summed E-state index contributed by atoms with van der Waals surface area (Å²) in [5.74, 6) is 0.472. The number of rotatable bonds is 3. The molecule has 2 bridgehead atoms. The smallest absolute Gasteiger partial charge is 0.129 e. The largest absolute Gasteiger partial charge is 0.384 e. The van der Waals surface area contributed by atoms with Crippen LogP contribution in [0.15, 0.2) is 42.9 Å². The highest BCUT2D eigenvalue weighted by Gasteiger charge is 2.51. The van der Waals surface area contributed by atoms with Crippen LogP contribution >= 0.6 is 11.6 Å². The number of hydrogen-bond acceptors (Lipinski definition) is 4. The van der Waals surface area contributed by atoms with E-state index in [0.29, 0.717) is 5.15 Å². The highest BCUT2D eigenvalue weighted by atomic mass is 35.5. The lowest BCUT2D eigenvalue weighted by atomic mass is 9.62. The molecule has 1 N–H and O–H groups in total. The van der Waals surface area contributed by atoms with E-state index in [1.807, 2.05) is 24.4 Å². The Kier molecular flexibility index (Phi) is 4.29. The van der Waals surface area contributed by atoms with Crippen molar-refractivity contribution in [1.82, 2.24) is 14.9 Å². The molecule has 24 heavy (non-hydrogen) atoms. The van der Waals surface area contributed by atoms with Crippen LogP contribution in [-0.4, -0.2) is 33.1 Å². The quantitative estimate of drug-likeness (QED) is 0.869. The maximum absolute atomic E-state index is 11.6. The van der Waals surface area contributed by atoms with Crippen molar-refractivity contribution < 1.29 is 5.11 Å². The van der Waals surface area contributed by atoms with Crippen molar-refractivity contribution in [1.29, 1.82) is 0 Å². The highest BCUT2D eigenvalue weighted by molar-refractivity contribution is 6.29. The van der Waals surface area contributed by atoms with E-state index in [1.165, 1.54) is 12.0 Å². The number of piperidine rings is 1. The minimum absolute atomic E-state index is 0.236. The van der Waals surface area contributed by atoms with Gasteiger partial charge in [0.2, 0.25) is 0 Å². The van der Waals surface area contributed by atoms with E-state index < -0.39 is 5.60 Å². The Morgan fingerprint density at radius 2 is 2.00 bits per heavy atom. The first kappa shape index (κ1) is 16.0. The average molecular weight is 344 g/mol. The molecule has 5 heteroatoms. The van der Waals surface area contributed by atoms with Crippen molar-refractivity contribution in [3.05, 3.63) is 59.1 Å². The van der Waals surface area contributed by atoms with Gasteiger partial charge in [-0.05, 0) is 42.2 Å². The molecular formula is C19H22ClN3O. The zero-order valence-electron chi connectivity index (χ0n) is 13.6. The maximum atomic E-state index is 11.6. The lowest BCUT2D eigenvalue weighted by Gasteiger charge is -2.53. The molecule has 1 aliphatic carbocycles. The van der Waals surface area contributed by atoms with E-state index in [9.17, 15) is 5.11 Å². The van der Waals surface area contributed by atoms with E-state index >= 15 is 0 Å². The van der Waals surface area contributed by atoms with Gasteiger partial charge in [0.15, 0.2) is 0 Å². The van der Waals surface area contributed by atoms with E-state index in [2.05, 4.69) is 20.9 Å². The van der Waals surface area contributed by atoms with Gasteiger partial charge in [-0.15, -0.1) is 0 Å². The van der Waals surface area contributed by atoms with Crippen LogP contribution in [0.1, 0.15) is 30.4 Å². The highest BCUT2D eigenvalue weighted by Crippen LogP contribution is 2.49. The van der Waals surface area contributed by atoms with Crippen molar-refractivity contribution in [3.8, 4) is 0 Å². The summed E-state index contributed by atoms with van der Waals surface area (Å²) in [5.41, 5.74) is 1.38. The summed E-state index contributed by atoms with van der Waals surface area (Å²) in [5, 5.41) is 12.1. The summed E-state index contributed by atoms with van der Waals surface area (Å²) < 4.78 is 0. The first-order valence-corrected chi connectivity index (χ1v) is 8.99. The standard InChI is InChI=1S/C19H22ClN3O/c20-18-9-15(6-8-22-18)19(24)16-4-1-5-17(19)13-23(12-16)11-14-3-2-7-21-10-14/h2-3,6-10,16-17,24H,1,4-5,11-13H2/t16-,17+,19?. The minimum Gasteiger partial charge on any atom is -0.384 e. The van der Waals surface area contributed by atoms with Crippen LogP contribution in [0.5, 0.6) is 0 Å². The van der Waals surface area contributed by atoms with Crippen LogP contribution in [0, 0.1) is 11.8 Å². The Balaban J connectivity index is 1.59. The number of nitrogens with zero attached hydrogens (tertiary/aromatic N) is 3. The summed E-state index contributed by atoms with van der Waals surface area (Å²) in [6.07, 6.45) is 8.73. The van der Waals surface area contributed by atoms with Gasteiger partial charge in [0.1, 0.15) is 5.15 Å². The molecule has 4 nitrogen and oxygen atoms in total. The molecule has 3 heterocycles. The lowest BCUT2D eigenvalue weighted by molar-refractivity contribution is -0.148. The zero-order valence-corrected chi connectivity index (χ0v) is 14.4. The molecule has 0 amide bonds. The summed E-state index contributed by atoms with van der Waals surface area (Å²) in [6, 6.07) is 7.86. The normalized spacial score (nSPS) is 30.2. The molecule has 2 aromatic rings. The van der Waals surface area contributed by atoms with Gasteiger partial charge in [0, 0.05) is 50.1 Å². The fourth-order valence-corrected chi connectivity index (χ4v) is 4.72. The third-order valence-corrected chi connectivity index (χ3v) is 5.83. The van der Waals surface area contributed by atoms with Crippen LogP contribution in [0.4, 0.5) is 0 Å². The van der Waals surface area contributed by atoms with Crippen LogP contribution in [0.2, 0.25) is 5.15 Å². The molecule has 4 rings (SSSR count). The summed E-state index contributed by atoms with van der Waals surface area (Å²) in [7, 11) is 0. The predicted octanol–water partition coefficient (Wildman–Crippen LogP) is 3.25. The first-order chi connectivity index (χ1) is 11.7. The Morgan fingerprint density at radius 3 is 2.67 bits per heavy atom. The number of hydrogen-bond donors (Lipinski definition) is 1. The van der Waals surface area contributed by atoms with Crippen molar-refractivity contribution in [3.63, 3.8) is 0 Å². The number of halogens is 1. The second-order valence-electron chi connectivity index (χ2n) is 7.07. The zero-order chi connectivity index (χ0) is 16.6. The van der Waals surface area contributed by atoms with Crippen LogP contribution in [0.25, 0.3) is 0 Å². The summed E-state index contributed by atoms with van der Waals surface area (Å²) >= 11 is 6.08. The summed E-state index contributed by atoms with van der Waals surface area (Å²) in [6.45, 7) is 2.71. The first-order valence-electron chi connectivity index (χ1n) is 8.62. The maximum Gasteiger partial charge on any atom is 0.129 e. The van der Waals surface area contributed by atoms with Crippen molar-refractivity contribution in [2.45, 2.75) is 31.4 Å². The van der Waals surface area contributed by atoms with Gasteiger partial charge in [-0.1, -0.05) is 24.1 Å². The molecule has 3 atom stereocenters. The molecule has 1 unspecified atom stereocenters. The lowest BCUT2D eigenvalue weighted by Crippen LogP contribution is -2.57. The van der Waals surface area contributed by atoms with Crippen molar-refractivity contribution in [2.24, 2.45) is 11.8 Å². The number of pyridine rings is 2. The van der Waals surface area contributed by atoms with E-state index in [1.54, 1.807) is 12.4 Å². The summed E-state index contributed by atoms with van der Waals surface area (Å²) in [4.78, 5) is 10.7. The number of aliphatic hydroxyl groups is 1. The Bertz CT molecular complexity index is 695. The molecule has 0 aromatic carbocycles. The van der Waals surface area contributed by atoms with Gasteiger partial charge in [0.05, 0.1) is 5.60 Å². The molecule has 1 saturated carbocycles. The Labute approximate surface area is 147 Å². The van der Waals surface area contributed by atoms with E-state index in [-0.39, 0.29) is 11.8 Å². The fraction of sp³-hybridized carbons (Fsp3) is 0.474. The van der Waals surface area contributed by atoms with Crippen LogP contribution in [0.3, 0.4) is 0 Å². The minimum atomic E-state index is -0.781. The monoisotopic (exact) mass is 343 g/mol. The molecule has 1 saturated heterocycles. The van der Waals surface area contributed by atoms with Gasteiger partial charge in [-0.2, -0.15) is 0 Å². The number of fused-ring (bicyclic) bond motifs is 2. The Morgan fingerprint density at radius 1 is 1.21 bits per heavy atom. The van der Waals surface area contributed by atoms with Crippen LogP contribution < -0.4 is 0 Å². The molecule has 2 aliphatic rings. The molecular weight excluding hydrogens is 322 g/mol. The van der Waals surface area contributed by atoms with Crippen LogP contribution in [-0.2, 0) is 12.1 Å². The van der Waals surface area contributed by atoms with E-state index in [4.69, 9.17) is 11.6 Å². The molecule has 0 radical (unpaired) electrons. The molecule has 2 fully saturated rings. The molecule has 126 valence electrons. The van der Waals surface area contributed by atoms with Crippen molar-refractivity contribution >= 4 is 11.6 Å². The molecule has 2 aromatic heterocycles. The third kappa shape index (κ3) is 2.83. The molecule has 1 aliphatic heterocycles. The van der Waals surface area contributed by atoms with Gasteiger partial charge >= 0.3 is 0 Å². The molecule has 0 spiro atoms. The van der Waals surface area contributed by atoms with Crippen molar-refractivity contribution in [2.75, 3.05) is 13.1 Å². The van der Waals surface area contributed by atoms with E-state index in [0.717, 1.165) is 38.0 Å². The fourth-order valence-electron chi connectivity index (χ4n) is 4.54. The third-order valence-electron chi connectivity index (χ3n) is 5.63. The average Bonchev–Trinajstić information content (AvgIpc) is 2.57. The van der Waals surface area contributed by atoms with Gasteiger partial charge in [-0.25, -0.2) is 4.98 Å². The van der Waals surface area contributed by atoms with Gasteiger partial charge in [-0.3, -0.25) is 9.88 Å². The topological polar surface area (TPSA) is 49.3 Å².